The van der Waals surface area contributed by atoms with Gasteiger partial charge in [-0.25, -0.2) is 0 Å². The Morgan fingerprint density at radius 3 is 1.73 bits per heavy atom. The number of benzene rings is 3. The van der Waals surface area contributed by atoms with Gasteiger partial charge in [0.1, 0.15) is 12.4 Å². The lowest BCUT2D eigenvalue weighted by Gasteiger charge is -2.41. The van der Waals surface area contributed by atoms with E-state index in [1.54, 1.807) is 13.3 Å². The maximum Gasteiger partial charge on any atom is 0.311 e. The molecule has 0 unspecified atom stereocenters. The summed E-state index contributed by atoms with van der Waals surface area (Å²) in [6.07, 6.45) is 13.3. The molecule has 0 saturated carbocycles. The number of ether oxygens (including phenoxy) is 1. The predicted molar refractivity (Wildman–Crippen MR) is 258 cm³/mol. The summed E-state index contributed by atoms with van der Waals surface area (Å²) in [5.41, 5.74) is 0.679. The minimum Gasteiger partial charge on any atom is -0.481 e. The third-order valence-electron chi connectivity index (χ3n) is 12.2. The molecule has 10 heteroatoms. The largest absolute Gasteiger partial charge is 0.481 e. The normalized spacial score (nSPS) is 21.1. The van der Waals surface area contributed by atoms with Gasteiger partial charge in [-0.1, -0.05) is 157 Å². The molecule has 60 heavy (non-hydrogen) atoms. The van der Waals surface area contributed by atoms with Gasteiger partial charge in [-0.3, -0.25) is 9.59 Å². The molecule has 2 aliphatic rings. The number of hydrogen-bond donors (Lipinski definition) is 1. The van der Waals surface area contributed by atoms with Crippen LogP contribution in [-0.2, 0) is 28.1 Å². The van der Waals surface area contributed by atoms with Gasteiger partial charge < -0.3 is 23.6 Å². The van der Waals surface area contributed by atoms with Crippen molar-refractivity contribution in [2.75, 3.05) is 19.5 Å². The van der Waals surface area contributed by atoms with E-state index in [9.17, 15) is 18.9 Å². The lowest BCUT2D eigenvalue weighted by Crippen LogP contribution is -2.45. The van der Waals surface area contributed by atoms with Crippen molar-refractivity contribution >= 4 is 62.8 Å². The summed E-state index contributed by atoms with van der Waals surface area (Å²) in [6, 6.07) is 31.9. The Kier molecular flexibility index (Phi) is 18.2. The second-order valence-electron chi connectivity index (χ2n) is 19.2. The zero-order chi connectivity index (χ0) is 45.1. The van der Waals surface area contributed by atoms with Crippen molar-refractivity contribution in [3.63, 3.8) is 0 Å². The highest BCUT2D eigenvalue weighted by atomic mass is 31.2. The molecule has 7 nitrogen and oxygen atoms in total. The summed E-state index contributed by atoms with van der Waals surface area (Å²) in [5.74, 6) is -0.600. The van der Waals surface area contributed by atoms with Crippen LogP contribution in [0.4, 0.5) is 0 Å². The van der Waals surface area contributed by atoms with Crippen LogP contribution in [0.3, 0.4) is 0 Å². The van der Waals surface area contributed by atoms with E-state index in [-0.39, 0.29) is 41.3 Å². The van der Waals surface area contributed by atoms with Crippen LogP contribution in [0, 0.1) is 29.1 Å². The van der Waals surface area contributed by atoms with Crippen LogP contribution in [0.2, 0.25) is 18.1 Å². The number of carboxylic acid groups (broad SMARTS) is 1. The number of aldehydes is 1. The molecule has 0 aliphatic heterocycles. The quantitative estimate of drug-likeness (QED) is 0.0789. The van der Waals surface area contributed by atoms with Crippen LogP contribution >= 0.6 is 14.0 Å². The molecule has 5 rings (SSSR count). The van der Waals surface area contributed by atoms with Crippen molar-refractivity contribution in [1.82, 2.24) is 0 Å². The molecular weight excluding hydrogens is 803 g/mol. The molecule has 0 bridgehead atoms. The number of rotatable bonds is 13. The van der Waals surface area contributed by atoms with Gasteiger partial charge in [0, 0.05) is 18.0 Å². The van der Waals surface area contributed by atoms with Crippen LogP contribution in [0.25, 0.3) is 0 Å². The van der Waals surface area contributed by atoms with Gasteiger partial charge in [0.25, 0.3) is 0 Å². The molecule has 6 atom stereocenters. The number of allylic oxidation sites excluding steroid dienone is 3. The standard InChI is InChI=1S/C19H28O3.C19H17P.C12H27O4PSi/c1-6-19(4,5)18(21)22-16-10-12(2)9-14-8-7-13(3)15(11-20)17(14)16;1-20(17-11-5-2-6-12-17,18-13-7-3-8-14-18)19-15-9-4-10-16-19;1-12(2,3)18(6,7)16-10(8-11(13)14)9-17(4,5)15/h7-9,11-13,15-17H,6,10H2,1-5H3;2-16H,1H2;10H,8-9H2,1-7H3,(H,13,14)/t12-,13-,15-,16-,17-;;10-/m0.1/s1. The van der Waals surface area contributed by atoms with E-state index in [1.807, 2.05) is 20.8 Å². The minimum atomic E-state index is -2.28. The van der Waals surface area contributed by atoms with Crippen molar-refractivity contribution < 1.29 is 33.2 Å². The van der Waals surface area contributed by atoms with Crippen molar-refractivity contribution in [3.05, 3.63) is 115 Å². The molecule has 0 saturated heterocycles. The zero-order valence-corrected chi connectivity index (χ0v) is 41.0. The molecule has 0 spiro atoms. The minimum absolute atomic E-state index is 0.00491. The highest BCUT2D eigenvalue weighted by molar-refractivity contribution is 7.93. The molecule has 1 N–H and O–H groups in total. The Morgan fingerprint density at radius 1 is 0.883 bits per heavy atom. The van der Waals surface area contributed by atoms with Crippen LogP contribution in [0.15, 0.2) is 115 Å². The fraction of sp³-hybridized carbons (Fsp3) is 0.480. The maximum absolute atomic E-state index is 12.5. The van der Waals surface area contributed by atoms with E-state index in [1.165, 1.54) is 15.9 Å². The smallest absolute Gasteiger partial charge is 0.311 e. The number of fused-ring (bicyclic) bond motifs is 1. The van der Waals surface area contributed by atoms with E-state index in [0.29, 0.717) is 12.1 Å². The van der Waals surface area contributed by atoms with E-state index in [4.69, 9.17) is 20.6 Å². The highest BCUT2D eigenvalue weighted by Gasteiger charge is 2.43. The van der Waals surface area contributed by atoms with Crippen molar-refractivity contribution in [2.24, 2.45) is 29.1 Å². The van der Waals surface area contributed by atoms with Crippen molar-refractivity contribution in [1.29, 1.82) is 0 Å². The van der Waals surface area contributed by atoms with Crippen LogP contribution in [0.5, 0.6) is 0 Å². The third-order valence-corrected chi connectivity index (χ3v) is 21.6. The number of hydrogen-bond acceptors (Lipinski definition) is 6. The Labute approximate surface area is 362 Å². The second kappa shape index (κ2) is 21.5. The zero-order valence-electron chi connectivity index (χ0n) is 38.3. The monoisotopic (exact) mass is 874 g/mol. The second-order valence-corrected chi connectivity index (χ2v) is 30.6. The van der Waals surface area contributed by atoms with Gasteiger partial charge in [0.05, 0.1) is 25.1 Å². The van der Waals surface area contributed by atoms with Gasteiger partial charge >= 0.3 is 11.9 Å². The first kappa shape index (κ1) is 50.8. The van der Waals surface area contributed by atoms with Gasteiger partial charge in [-0.05, 0) is 98.4 Å². The van der Waals surface area contributed by atoms with Crippen molar-refractivity contribution in [2.45, 2.75) is 105 Å². The molecule has 3 aromatic carbocycles. The van der Waals surface area contributed by atoms with Gasteiger partial charge in [0.2, 0.25) is 0 Å². The molecular formula is C50H72O7P2Si. The first-order valence-electron chi connectivity index (χ1n) is 21.3. The third kappa shape index (κ3) is 14.0. The molecule has 0 radical (unpaired) electrons. The van der Waals surface area contributed by atoms with Crippen LogP contribution in [0.1, 0.15) is 74.7 Å². The first-order valence-corrected chi connectivity index (χ1v) is 28.9. The number of esters is 1. The summed E-state index contributed by atoms with van der Waals surface area (Å²) >= 11 is 0. The Hall–Kier alpha value is -3.54. The van der Waals surface area contributed by atoms with E-state index in [0.717, 1.165) is 24.7 Å². The summed E-state index contributed by atoms with van der Waals surface area (Å²) < 4.78 is 23.9. The fourth-order valence-corrected chi connectivity index (χ4v) is 12.9. The topological polar surface area (TPSA) is 107 Å². The Bertz CT molecular complexity index is 1910. The SMILES string of the molecule is C=P(c1ccccc1)(c1ccccc1)c1ccccc1.CC(C)(C)[Si](C)(C)O[C@H](CC(=O)O)CP(C)(C)=O.CCC(C)(C)C(=O)O[C@H]1C[C@@H](C)C=C2C=C[C@H](C)[C@H](C=O)[C@H]21. The highest BCUT2D eigenvalue weighted by Crippen LogP contribution is 2.44. The molecule has 2 aliphatic carbocycles. The average molecular weight is 875 g/mol. The van der Waals surface area contributed by atoms with Gasteiger partial charge in [-0.15, -0.1) is 0 Å². The first-order chi connectivity index (χ1) is 27.9. The van der Waals surface area contributed by atoms with Gasteiger partial charge in [-0.2, -0.15) is 0 Å². The Balaban J connectivity index is 0.000000242. The molecule has 3 aromatic rings. The van der Waals surface area contributed by atoms with E-state index in [2.05, 4.69) is 157 Å². The number of aliphatic carboxylic acids is 1. The molecule has 0 fully saturated rings. The summed E-state index contributed by atoms with van der Waals surface area (Å²) in [5, 5.41) is 12.9. The molecule has 0 heterocycles. The molecule has 328 valence electrons. The molecule has 0 aromatic heterocycles. The van der Waals surface area contributed by atoms with E-state index >= 15 is 0 Å². The summed E-state index contributed by atoms with van der Waals surface area (Å²) in [4.78, 5) is 34.9. The predicted octanol–water partition coefficient (Wildman–Crippen LogP) is 10.8. The van der Waals surface area contributed by atoms with Crippen LogP contribution in [-0.4, -0.2) is 69.6 Å². The van der Waals surface area contributed by atoms with E-state index < -0.39 is 39.8 Å². The number of carboxylic acids is 1. The summed E-state index contributed by atoms with van der Waals surface area (Å²) in [7, 11) is -4.30. The molecule has 0 amide bonds. The number of carbonyl (C=O) groups is 3. The average Bonchev–Trinajstić information content (AvgIpc) is 3.17. The lowest BCUT2D eigenvalue weighted by molar-refractivity contribution is -0.165. The number of carbonyl (C=O) groups excluding carboxylic acids is 2. The maximum atomic E-state index is 12.5. The Morgan fingerprint density at radius 2 is 1.35 bits per heavy atom. The fourth-order valence-electron chi connectivity index (χ4n) is 7.28. The van der Waals surface area contributed by atoms with Crippen LogP contribution < -0.4 is 15.9 Å². The summed E-state index contributed by atoms with van der Waals surface area (Å²) in [6.45, 7) is 22.1. The van der Waals surface area contributed by atoms with Gasteiger partial charge in [0.15, 0.2) is 8.32 Å². The van der Waals surface area contributed by atoms with Crippen molar-refractivity contribution in [3.8, 4) is 0 Å². The lowest BCUT2D eigenvalue weighted by atomic mass is 9.67.